The highest BCUT2D eigenvalue weighted by Crippen LogP contribution is 2.31. The number of non-ortho nitro benzene ring substituents is 1. The van der Waals surface area contributed by atoms with Gasteiger partial charge in [-0.25, -0.2) is 0 Å². The van der Waals surface area contributed by atoms with Crippen LogP contribution in [0.25, 0.3) is 6.08 Å². The van der Waals surface area contributed by atoms with Crippen molar-refractivity contribution in [1.29, 1.82) is 0 Å². The molecule has 0 saturated carbocycles. The number of ether oxygens (including phenoxy) is 1. The average Bonchev–Trinajstić information content (AvgIpc) is 3.29. The molecule has 0 atom stereocenters. The quantitative estimate of drug-likeness (QED) is 0.230. The normalized spacial score (nSPS) is 16.7. The number of piperazine rings is 1. The molecule has 10 heteroatoms. The Balaban J connectivity index is 1.14. The fourth-order valence-corrected chi connectivity index (χ4v) is 5.12. The number of aliphatic imine (C=N–C) groups is 1. The van der Waals surface area contributed by atoms with E-state index < -0.39 is 4.92 Å². The van der Waals surface area contributed by atoms with Gasteiger partial charge in [0.2, 0.25) is 0 Å². The number of nitro benzene ring substituents is 1. The molecule has 3 aromatic rings. The van der Waals surface area contributed by atoms with Gasteiger partial charge < -0.3 is 14.5 Å². The van der Waals surface area contributed by atoms with Gasteiger partial charge in [0.15, 0.2) is 5.17 Å². The maximum atomic E-state index is 12.5. The minimum absolute atomic E-state index is 0.0489. The summed E-state index contributed by atoms with van der Waals surface area (Å²) in [6.45, 7) is 3.56. The standard InChI is InChI=1S/C27H23ClN4O4S/c28-21-5-9-22(10-6-21)30-13-15-31(16-14-30)27-29-26(33)25(37-27)17-19-3-11-24(12-4-19)36-18-20-1-7-23(8-2-20)32(34)35/h1-12,17H,13-16,18H2. The lowest BCUT2D eigenvalue weighted by molar-refractivity contribution is -0.384. The van der Waals surface area contributed by atoms with E-state index in [-0.39, 0.29) is 11.6 Å². The molecule has 0 radical (unpaired) electrons. The van der Waals surface area contributed by atoms with Crippen molar-refractivity contribution in [2.24, 2.45) is 4.99 Å². The van der Waals surface area contributed by atoms with Crippen LogP contribution in [0.5, 0.6) is 5.75 Å². The van der Waals surface area contributed by atoms with Crippen molar-refractivity contribution in [3.63, 3.8) is 0 Å². The highest BCUT2D eigenvalue weighted by atomic mass is 35.5. The zero-order chi connectivity index (χ0) is 25.8. The topological polar surface area (TPSA) is 88.3 Å². The number of carbonyl (C=O) groups is 1. The van der Waals surface area contributed by atoms with Gasteiger partial charge in [-0.1, -0.05) is 23.7 Å². The third-order valence-electron chi connectivity index (χ3n) is 6.08. The molecule has 2 heterocycles. The fraction of sp³-hybridized carbons (Fsp3) is 0.185. The van der Waals surface area contributed by atoms with E-state index in [4.69, 9.17) is 16.3 Å². The van der Waals surface area contributed by atoms with Gasteiger partial charge >= 0.3 is 0 Å². The molecule has 0 N–H and O–H groups in total. The molecule has 3 aromatic carbocycles. The molecule has 0 aromatic heterocycles. The van der Waals surface area contributed by atoms with E-state index in [1.54, 1.807) is 12.1 Å². The number of thioether (sulfide) groups is 1. The third kappa shape index (κ3) is 6.12. The molecule has 1 amide bonds. The van der Waals surface area contributed by atoms with Gasteiger partial charge in [-0.3, -0.25) is 14.9 Å². The predicted molar refractivity (Wildman–Crippen MR) is 147 cm³/mol. The van der Waals surface area contributed by atoms with Gasteiger partial charge in [0.05, 0.1) is 9.83 Å². The van der Waals surface area contributed by atoms with Crippen LogP contribution in [0.1, 0.15) is 11.1 Å². The molecule has 0 spiro atoms. The molecule has 5 rings (SSSR count). The Kier molecular flexibility index (Phi) is 7.43. The van der Waals surface area contributed by atoms with Crippen LogP contribution < -0.4 is 9.64 Å². The minimum atomic E-state index is -0.428. The van der Waals surface area contributed by atoms with Crippen molar-refractivity contribution in [1.82, 2.24) is 4.90 Å². The second-order valence-corrected chi connectivity index (χ2v) is 9.99. The number of benzene rings is 3. The smallest absolute Gasteiger partial charge is 0.286 e. The van der Waals surface area contributed by atoms with Gasteiger partial charge in [0.1, 0.15) is 12.4 Å². The van der Waals surface area contributed by atoms with Gasteiger partial charge in [-0.05, 0) is 77.5 Å². The predicted octanol–water partition coefficient (Wildman–Crippen LogP) is 5.62. The van der Waals surface area contributed by atoms with Crippen LogP contribution in [-0.4, -0.2) is 47.1 Å². The number of anilines is 1. The third-order valence-corrected chi connectivity index (χ3v) is 7.38. The summed E-state index contributed by atoms with van der Waals surface area (Å²) in [6.07, 6.45) is 1.84. The first kappa shape index (κ1) is 24.9. The first-order valence-electron chi connectivity index (χ1n) is 11.7. The van der Waals surface area contributed by atoms with E-state index >= 15 is 0 Å². The largest absolute Gasteiger partial charge is 0.489 e. The average molecular weight is 535 g/mol. The molecule has 8 nitrogen and oxygen atoms in total. The number of nitro groups is 1. The molecule has 2 aliphatic rings. The summed E-state index contributed by atoms with van der Waals surface area (Å²) in [5.41, 5.74) is 2.90. The summed E-state index contributed by atoms with van der Waals surface area (Å²) in [7, 11) is 0. The van der Waals surface area contributed by atoms with Crippen LogP contribution in [0.4, 0.5) is 11.4 Å². The first-order valence-corrected chi connectivity index (χ1v) is 12.9. The Morgan fingerprint density at radius 2 is 1.59 bits per heavy atom. The number of carbonyl (C=O) groups excluding carboxylic acids is 1. The lowest BCUT2D eigenvalue weighted by Gasteiger charge is -2.36. The fourth-order valence-electron chi connectivity index (χ4n) is 4.03. The van der Waals surface area contributed by atoms with Crippen molar-refractivity contribution in [2.45, 2.75) is 6.61 Å². The summed E-state index contributed by atoms with van der Waals surface area (Å²) in [4.78, 5) is 32.2. The Morgan fingerprint density at radius 1 is 0.946 bits per heavy atom. The molecule has 0 aliphatic carbocycles. The minimum Gasteiger partial charge on any atom is -0.489 e. The van der Waals surface area contributed by atoms with E-state index in [1.807, 2.05) is 54.6 Å². The molecule has 2 aliphatic heterocycles. The van der Waals surface area contributed by atoms with Gasteiger partial charge in [0.25, 0.3) is 11.6 Å². The van der Waals surface area contributed by atoms with Crippen molar-refractivity contribution in [3.8, 4) is 5.75 Å². The Bertz CT molecular complexity index is 1350. The second-order valence-electron chi connectivity index (χ2n) is 8.54. The zero-order valence-electron chi connectivity index (χ0n) is 19.7. The van der Waals surface area contributed by atoms with Crippen LogP contribution in [0.15, 0.2) is 82.7 Å². The Labute approximate surface area is 223 Å². The first-order chi connectivity index (χ1) is 17.9. The summed E-state index contributed by atoms with van der Waals surface area (Å²) >= 11 is 7.40. The molecular formula is C27H23ClN4O4S. The Morgan fingerprint density at radius 3 is 2.24 bits per heavy atom. The molecule has 0 bridgehead atoms. The number of hydrogen-bond donors (Lipinski definition) is 0. The lowest BCUT2D eigenvalue weighted by atomic mass is 10.2. The van der Waals surface area contributed by atoms with Crippen LogP contribution in [0.3, 0.4) is 0 Å². The highest BCUT2D eigenvalue weighted by Gasteiger charge is 2.28. The number of rotatable bonds is 6. The summed E-state index contributed by atoms with van der Waals surface area (Å²) in [5, 5.41) is 12.2. The highest BCUT2D eigenvalue weighted by molar-refractivity contribution is 8.18. The monoisotopic (exact) mass is 534 g/mol. The van der Waals surface area contributed by atoms with Crippen LogP contribution in [0, 0.1) is 10.1 Å². The van der Waals surface area contributed by atoms with E-state index in [9.17, 15) is 14.9 Å². The summed E-state index contributed by atoms with van der Waals surface area (Å²) in [6, 6.07) is 21.5. The maximum absolute atomic E-state index is 12.5. The van der Waals surface area contributed by atoms with Gasteiger partial charge in [-0.2, -0.15) is 4.99 Å². The number of nitrogens with zero attached hydrogens (tertiary/aromatic N) is 4. The SMILES string of the molecule is O=C1N=C(N2CCN(c3ccc(Cl)cc3)CC2)SC1=Cc1ccc(OCc2ccc([N+](=O)[O-])cc2)cc1. The maximum Gasteiger partial charge on any atom is 0.286 e. The van der Waals surface area contributed by atoms with Crippen LogP contribution in [-0.2, 0) is 11.4 Å². The molecular weight excluding hydrogens is 512 g/mol. The number of amides is 1. The number of hydrogen-bond acceptors (Lipinski definition) is 7. The van der Waals surface area contributed by atoms with E-state index in [0.717, 1.165) is 53.2 Å². The molecule has 37 heavy (non-hydrogen) atoms. The van der Waals surface area contributed by atoms with E-state index in [0.29, 0.717) is 17.3 Å². The lowest BCUT2D eigenvalue weighted by Crippen LogP contribution is -2.47. The van der Waals surface area contributed by atoms with Crippen molar-refractivity contribution in [3.05, 3.63) is 104 Å². The van der Waals surface area contributed by atoms with E-state index in [1.165, 1.54) is 23.9 Å². The van der Waals surface area contributed by atoms with Crippen molar-refractivity contribution < 1.29 is 14.5 Å². The van der Waals surface area contributed by atoms with Crippen molar-refractivity contribution in [2.75, 3.05) is 31.1 Å². The molecule has 0 unspecified atom stereocenters. The zero-order valence-corrected chi connectivity index (χ0v) is 21.3. The molecule has 1 fully saturated rings. The van der Waals surface area contributed by atoms with Crippen LogP contribution in [0.2, 0.25) is 5.02 Å². The summed E-state index contributed by atoms with van der Waals surface area (Å²) < 4.78 is 5.78. The van der Waals surface area contributed by atoms with Crippen LogP contribution >= 0.6 is 23.4 Å². The van der Waals surface area contributed by atoms with Gasteiger partial charge in [-0.15, -0.1) is 0 Å². The second kappa shape index (κ2) is 11.1. The van der Waals surface area contributed by atoms with E-state index in [2.05, 4.69) is 14.8 Å². The van der Waals surface area contributed by atoms with Crippen molar-refractivity contribution >= 4 is 51.9 Å². The molecule has 188 valence electrons. The number of halogens is 1. The van der Waals surface area contributed by atoms with Gasteiger partial charge in [0, 0.05) is 49.0 Å². The summed E-state index contributed by atoms with van der Waals surface area (Å²) in [5.74, 6) is 0.444. The number of amidine groups is 1. The molecule has 1 saturated heterocycles. The Hall–Kier alpha value is -3.82.